The van der Waals surface area contributed by atoms with Crippen LogP contribution in [0.5, 0.6) is 11.6 Å². The van der Waals surface area contributed by atoms with E-state index in [9.17, 15) is 0 Å². The van der Waals surface area contributed by atoms with Crippen molar-refractivity contribution in [1.29, 1.82) is 0 Å². The van der Waals surface area contributed by atoms with E-state index in [4.69, 9.17) is 27.9 Å². The van der Waals surface area contributed by atoms with Crippen LogP contribution in [0.1, 0.15) is 25.2 Å². The van der Waals surface area contributed by atoms with E-state index in [-0.39, 0.29) is 0 Å². The number of nitrogens with one attached hydrogen (secondary N) is 1. The summed E-state index contributed by atoms with van der Waals surface area (Å²) < 4.78 is 5.84. The van der Waals surface area contributed by atoms with Crippen molar-refractivity contribution in [3.05, 3.63) is 39.6 Å². The minimum absolute atomic E-state index is 0.510. The normalized spacial score (nSPS) is 10.5. The first-order valence-corrected chi connectivity index (χ1v) is 7.54. The van der Waals surface area contributed by atoms with Gasteiger partial charge >= 0.3 is 0 Å². The molecular weight excluding hydrogens is 309 g/mol. The molecule has 1 N–H and O–H groups in total. The monoisotopic (exact) mass is 325 g/mol. The summed E-state index contributed by atoms with van der Waals surface area (Å²) in [5, 5.41) is 4.26. The third kappa shape index (κ3) is 3.99. The smallest absolute Gasteiger partial charge is 0.227 e. The van der Waals surface area contributed by atoms with E-state index in [0.29, 0.717) is 21.7 Å². The zero-order chi connectivity index (χ0) is 15.4. The van der Waals surface area contributed by atoms with E-state index < -0.39 is 0 Å². The summed E-state index contributed by atoms with van der Waals surface area (Å²) in [5.41, 5.74) is 0.852. The lowest BCUT2D eigenvalue weighted by Crippen LogP contribution is -2.07. The average molecular weight is 326 g/mol. The summed E-state index contributed by atoms with van der Waals surface area (Å²) in [7, 11) is 0. The molecule has 0 aliphatic rings. The van der Waals surface area contributed by atoms with E-state index in [2.05, 4.69) is 15.3 Å². The first-order valence-electron chi connectivity index (χ1n) is 6.78. The number of halogens is 2. The van der Waals surface area contributed by atoms with Crippen LogP contribution in [0.15, 0.2) is 18.2 Å². The number of benzene rings is 1. The van der Waals surface area contributed by atoms with Crippen molar-refractivity contribution in [2.45, 2.75) is 27.2 Å². The standard InChI is InChI=1S/C15H17Cl2N3O/c1-4-13-19-14(18-5-2)9(3)15(20-13)21-12-7-10(16)6-11(17)8-12/h6-8H,4-5H2,1-3H3,(H,18,19,20). The van der Waals surface area contributed by atoms with Gasteiger partial charge in [-0.2, -0.15) is 4.98 Å². The predicted molar refractivity (Wildman–Crippen MR) is 86.8 cm³/mol. The second-order valence-electron chi connectivity index (χ2n) is 4.51. The van der Waals surface area contributed by atoms with E-state index in [1.165, 1.54) is 0 Å². The maximum Gasteiger partial charge on any atom is 0.227 e. The summed E-state index contributed by atoms with van der Waals surface area (Å²) in [6.45, 7) is 6.72. The van der Waals surface area contributed by atoms with E-state index in [0.717, 1.165) is 30.2 Å². The molecule has 4 nitrogen and oxygen atoms in total. The summed E-state index contributed by atoms with van der Waals surface area (Å²) >= 11 is 12.0. The fraction of sp³-hybridized carbons (Fsp3) is 0.333. The Kier molecular flexibility index (Phi) is 5.26. The first kappa shape index (κ1) is 15.9. The van der Waals surface area contributed by atoms with Crippen LogP contribution in [-0.2, 0) is 6.42 Å². The van der Waals surface area contributed by atoms with Gasteiger partial charge in [-0.1, -0.05) is 30.1 Å². The van der Waals surface area contributed by atoms with Gasteiger partial charge in [0.15, 0.2) is 0 Å². The molecule has 6 heteroatoms. The van der Waals surface area contributed by atoms with Gasteiger partial charge in [0, 0.05) is 23.0 Å². The summed E-state index contributed by atoms with van der Waals surface area (Å²) in [5.74, 6) is 2.57. The number of anilines is 1. The largest absolute Gasteiger partial charge is 0.438 e. The summed E-state index contributed by atoms with van der Waals surface area (Å²) in [6.07, 6.45) is 0.728. The molecule has 0 radical (unpaired) electrons. The van der Waals surface area contributed by atoms with Crippen molar-refractivity contribution in [1.82, 2.24) is 9.97 Å². The molecule has 1 aromatic carbocycles. The van der Waals surface area contributed by atoms with Crippen LogP contribution in [0.2, 0.25) is 10.0 Å². The second kappa shape index (κ2) is 6.96. The van der Waals surface area contributed by atoms with Crippen LogP contribution in [0.25, 0.3) is 0 Å². The molecule has 21 heavy (non-hydrogen) atoms. The molecule has 112 valence electrons. The Morgan fingerprint density at radius 1 is 1.10 bits per heavy atom. The average Bonchev–Trinajstić information content (AvgIpc) is 2.42. The van der Waals surface area contributed by atoms with Gasteiger partial charge in [-0.25, -0.2) is 4.98 Å². The van der Waals surface area contributed by atoms with Crippen molar-refractivity contribution < 1.29 is 4.74 Å². The van der Waals surface area contributed by atoms with Crippen LogP contribution < -0.4 is 10.1 Å². The Labute approximate surface area is 134 Å². The van der Waals surface area contributed by atoms with E-state index in [1.54, 1.807) is 18.2 Å². The van der Waals surface area contributed by atoms with E-state index >= 15 is 0 Å². The van der Waals surface area contributed by atoms with Crippen LogP contribution in [-0.4, -0.2) is 16.5 Å². The predicted octanol–water partition coefficient (Wildman–Crippen LogP) is 4.88. The van der Waals surface area contributed by atoms with Crippen LogP contribution in [0, 0.1) is 6.92 Å². The van der Waals surface area contributed by atoms with Crippen molar-refractivity contribution in [2.75, 3.05) is 11.9 Å². The SMILES string of the molecule is CCNc1nc(CC)nc(Oc2cc(Cl)cc(Cl)c2)c1C. The zero-order valence-electron chi connectivity index (χ0n) is 12.2. The zero-order valence-corrected chi connectivity index (χ0v) is 13.7. The molecule has 0 amide bonds. The fourth-order valence-electron chi connectivity index (χ4n) is 1.84. The lowest BCUT2D eigenvalue weighted by atomic mass is 10.3. The Hall–Kier alpha value is -1.52. The molecule has 0 unspecified atom stereocenters. The Bertz CT molecular complexity index is 627. The molecule has 0 bridgehead atoms. The Morgan fingerprint density at radius 2 is 1.76 bits per heavy atom. The van der Waals surface area contributed by atoms with Gasteiger partial charge < -0.3 is 10.1 Å². The number of aryl methyl sites for hydroxylation is 1. The van der Waals surface area contributed by atoms with Crippen molar-refractivity contribution in [2.24, 2.45) is 0 Å². The highest BCUT2D eigenvalue weighted by molar-refractivity contribution is 6.34. The molecule has 0 aliphatic carbocycles. The van der Waals surface area contributed by atoms with Gasteiger partial charge in [0.1, 0.15) is 17.4 Å². The molecule has 1 heterocycles. The minimum atomic E-state index is 0.510. The molecule has 0 aliphatic heterocycles. The number of hydrogen-bond donors (Lipinski definition) is 1. The highest BCUT2D eigenvalue weighted by atomic mass is 35.5. The summed E-state index contributed by atoms with van der Waals surface area (Å²) in [6, 6.07) is 5.06. The third-order valence-corrected chi connectivity index (χ3v) is 3.29. The first-order chi connectivity index (χ1) is 10.0. The van der Waals surface area contributed by atoms with Gasteiger partial charge in [0.25, 0.3) is 0 Å². The maximum atomic E-state index is 5.99. The van der Waals surface area contributed by atoms with Gasteiger partial charge in [0.05, 0.1) is 5.56 Å². The number of hydrogen-bond acceptors (Lipinski definition) is 4. The quantitative estimate of drug-likeness (QED) is 0.851. The van der Waals surface area contributed by atoms with Gasteiger partial charge in [-0.05, 0) is 32.0 Å². The van der Waals surface area contributed by atoms with Gasteiger partial charge in [-0.15, -0.1) is 0 Å². The highest BCUT2D eigenvalue weighted by Crippen LogP contribution is 2.31. The Balaban J connectivity index is 2.40. The van der Waals surface area contributed by atoms with Crippen LogP contribution in [0.3, 0.4) is 0 Å². The highest BCUT2D eigenvalue weighted by Gasteiger charge is 2.12. The molecule has 0 spiro atoms. The molecule has 1 aromatic heterocycles. The molecule has 0 fully saturated rings. The molecule has 2 rings (SSSR count). The molecule has 0 saturated carbocycles. The number of aromatic nitrogens is 2. The number of nitrogens with zero attached hydrogens (tertiary/aromatic N) is 2. The van der Waals surface area contributed by atoms with Crippen LogP contribution in [0.4, 0.5) is 5.82 Å². The lowest BCUT2D eigenvalue weighted by molar-refractivity contribution is 0.455. The van der Waals surface area contributed by atoms with Crippen LogP contribution >= 0.6 is 23.2 Å². The summed E-state index contributed by atoms with van der Waals surface area (Å²) in [4.78, 5) is 8.89. The minimum Gasteiger partial charge on any atom is -0.438 e. The second-order valence-corrected chi connectivity index (χ2v) is 5.38. The molecule has 0 saturated heterocycles. The van der Waals surface area contributed by atoms with Gasteiger partial charge in [-0.3, -0.25) is 0 Å². The van der Waals surface area contributed by atoms with Gasteiger partial charge in [0.2, 0.25) is 5.88 Å². The molecule has 0 atom stereocenters. The van der Waals surface area contributed by atoms with Crippen molar-refractivity contribution in [3.8, 4) is 11.6 Å². The number of rotatable bonds is 5. The fourth-order valence-corrected chi connectivity index (χ4v) is 2.34. The maximum absolute atomic E-state index is 5.99. The molecular formula is C15H17Cl2N3O. The van der Waals surface area contributed by atoms with E-state index in [1.807, 2.05) is 20.8 Å². The Morgan fingerprint density at radius 3 is 2.33 bits per heavy atom. The van der Waals surface area contributed by atoms with Crippen molar-refractivity contribution in [3.63, 3.8) is 0 Å². The number of ether oxygens (including phenoxy) is 1. The molecule has 2 aromatic rings. The van der Waals surface area contributed by atoms with Crippen molar-refractivity contribution >= 4 is 29.0 Å². The third-order valence-electron chi connectivity index (χ3n) is 2.86. The lowest BCUT2D eigenvalue weighted by Gasteiger charge is -2.13. The topological polar surface area (TPSA) is 47.0 Å².